The van der Waals surface area contributed by atoms with Gasteiger partial charge in [0.1, 0.15) is 23.5 Å². The number of hydrogen-bond acceptors (Lipinski definition) is 5. The second kappa shape index (κ2) is 7.40. The van der Waals surface area contributed by atoms with Crippen LogP contribution in [0.1, 0.15) is 41.7 Å². The molecule has 2 aromatic heterocycles. The number of nitrogens with one attached hydrogen (secondary N) is 1. The Hall–Kier alpha value is -3.82. The molecule has 1 aliphatic carbocycles. The molecule has 1 fully saturated rings. The monoisotopic (exact) mass is 440 g/mol. The zero-order valence-corrected chi connectivity index (χ0v) is 16.8. The highest BCUT2D eigenvalue weighted by Crippen LogP contribution is 2.46. The summed E-state index contributed by atoms with van der Waals surface area (Å²) in [6.45, 7) is 0. The lowest BCUT2D eigenvalue weighted by Gasteiger charge is -2.33. The molecule has 32 heavy (non-hydrogen) atoms. The molecule has 0 unspecified atom stereocenters. The standard InChI is InChI=1S/C22H18F2N4O4/c23-14-8-15(24)10-16(9-14)27-11-18(25-12-27)26-20(29)13-3-5-22(6-4-13)19-17(21(30)32-22)2-1-7-28(19)31/h1-2,7-13H,3-6H2,(H,26,29). The van der Waals surface area contributed by atoms with Crippen molar-refractivity contribution in [1.29, 1.82) is 0 Å². The molecule has 164 valence electrons. The van der Waals surface area contributed by atoms with Gasteiger partial charge in [0, 0.05) is 18.1 Å². The number of hydrogen-bond donors (Lipinski definition) is 1. The lowest BCUT2D eigenvalue weighted by Crippen LogP contribution is -2.44. The molecule has 5 rings (SSSR count). The van der Waals surface area contributed by atoms with E-state index in [4.69, 9.17) is 4.74 Å². The van der Waals surface area contributed by atoms with E-state index >= 15 is 0 Å². The molecule has 3 heterocycles. The first-order valence-electron chi connectivity index (χ1n) is 10.1. The number of fused-ring (bicyclic) bond motifs is 2. The van der Waals surface area contributed by atoms with Crippen molar-refractivity contribution in [1.82, 2.24) is 9.55 Å². The molecule has 0 bridgehead atoms. The summed E-state index contributed by atoms with van der Waals surface area (Å²) in [6.07, 6.45) is 5.70. The van der Waals surface area contributed by atoms with Crippen LogP contribution in [0.3, 0.4) is 0 Å². The van der Waals surface area contributed by atoms with Crippen molar-refractivity contribution >= 4 is 17.7 Å². The van der Waals surface area contributed by atoms with Gasteiger partial charge in [-0.15, -0.1) is 0 Å². The molecule has 1 aromatic carbocycles. The van der Waals surface area contributed by atoms with Crippen molar-refractivity contribution in [3.8, 4) is 5.69 Å². The zero-order chi connectivity index (χ0) is 22.5. The van der Waals surface area contributed by atoms with Crippen molar-refractivity contribution < 1.29 is 27.8 Å². The van der Waals surface area contributed by atoms with E-state index in [9.17, 15) is 23.6 Å². The van der Waals surface area contributed by atoms with Gasteiger partial charge in [0.15, 0.2) is 17.6 Å². The average Bonchev–Trinajstić information content (AvgIpc) is 3.32. The molecule has 1 aliphatic heterocycles. The maximum atomic E-state index is 13.4. The Balaban J connectivity index is 1.27. The maximum Gasteiger partial charge on any atom is 0.345 e. The zero-order valence-electron chi connectivity index (χ0n) is 16.8. The fourth-order valence-electron chi connectivity index (χ4n) is 4.51. The third kappa shape index (κ3) is 3.37. The maximum absolute atomic E-state index is 13.4. The van der Waals surface area contributed by atoms with E-state index < -0.39 is 23.2 Å². The van der Waals surface area contributed by atoms with Gasteiger partial charge in [-0.3, -0.25) is 4.79 Å². The lowest BCUT2D eigenvalue weighted by atomic mass is 9.76. The van der Waals surface area contributed by atoms with Crippen molar-refractivity contribution in [3.63, 3.8) is 0 Å². The number of anilines is 1. The van der Waals surface area contributed by atoms with Crippen molar-refractivity contribution in [2.45, 2.75) is 31.3 Å². The van der Waals surface area contributed by atoms with Crippen LogP contribution in [0.5, 0.6) is 0 Å². The quantitative estimate of drug-likeness (QED) is 0.383. The summed E-state index contributed by atoms with van der Waals surface area (Å²) >= 11 is 0. The van der Waals surface area contributed by atoms with E-state index in [2.05, 4.69) is 10.3 Å². The summed E-state index contributed by atoms with van der Waals surface area (Å²) in [6, 6.07) is 6.15. The van der Waals surface area contributed by atoms with Gasteiger partial charge in [-0.2, -0.15) is 4.73 Å². The SMILES string of the molecule is O=C1OC2(CCC(C(=O)Nc3cn(-c4cc(F)cc(F)c4)cn3)CC2)c2c1ccc[n+]2[O-]. The third-order valence-electron chi connectivity index (χ3n) is 6.04. The Morgan fingerprint density at radius 3 is 2.69 bits per heavy atom. The number of amides is 1. The Labute approximate surface area is 181 Å². The molecule has 10 heteroatoms. The van der Waals surface area contributed by atoms with Gasteiger partial charge in [0.2, 0.25) is 5.91 Å². The molecule has 8 nitrogen and oxygen atoms in total. The molecular weight excluding hydrogens is 422 g/mol. The van der Waals surface area contributed by atoms with Crippen LogP contribution in [0.25, 0.3) is 5.69 Å². The number of pyridine rings is 1. The highest BCUT2D eigenvalue weighted by molar-refractivity contribution is 5.94. The molecule has 0 saturated heterocycles. The minimum absolute atomic E-state index is 0.239. The summed E-state index contributed by atoms with van der Waals surface area (Å²) in [5.74, 6) is -2.33. The number of halogens is 2. The first-order chi connectivity index (χ1) is 15.3. The van der Waals surface area contributed by atoms with Gasteiger partial charge in [-0.05, 0) is 43.9 Å². The molecule has 3 aromatic rings. The summed E-state index contributed by atoms with van der Waals surface area (Å²) in [5.41, 5.74) is -0.188. The largest absolute Gasteiger partial charge is 0.618 e. The minimum atomic E-state index is -1.00. The Bertz CT molecular complexity index is 1210. The van der Waals surface area contributed by atoms with E-state index in [1.807, 2.05) is 0 Å². The summed E-state index contributed by atoms with van der Waals surface area (Å²) in [4.78, 5) is 29.0. The van der Waals surface area contributed by atoms with Crippen LogP contribution in [0.4, 0.5) is 14.6 Å². The normalized spacial score (nSPS) is 21.9. The van der Waals surface area contributed by atoms with Crippen molar-refractivity contribution in [2.75, 3.05) is 5.32 Å². The van der Waals surface area contributed by atoms with Crippen molar-refractivity contribution in [3.05, 3.63) is 77.2 Å². The van der Waals surface area contributed by atoms with Crippen LogP contribution < -0.4 is 10.0 Å². The second-order valence-corrected chi connectivity index (χ2v) is 8.04. The molecule has 0 radical (unpaired) electrons. The van der Waals surface area contributed by atoms with E-state index in [1.165, 1.54) is 29.4 Å². The fraction of sp³-hybridized carbons (Fsp3) is 0.273. The third-order valence-corrected chi connectivity index (χ3v) is 6.04. The number of carbonyl (C=O) groups excluding carboxylic acids is 2. The number of imidazole rings is 1. The Kier molecular flexibility index (Phi) is 4.65. The first-order valence-corrected chi connectivity index (χ1v) is 10.1. The summed E-state index contributed by atoms with van der Waals surface area (Å²) in [7, 11) is 0. The van der Waals surface area contributed by atoms with Crippen LogP contribution in [0, 0.1) is 22.8 Å². The van der Waals surface area contributed by atoms with Crippen LogP contribution in [0.2, 0.25) is 0 Å². The topological polar surface area (TPSA) is 100 Å². The average molecular weight is 440 g/mol. The predicted molar refractivity (Wildman–Crippen MR) is 107 cm³/mol. The van der Waals surface area contributed by atoms with Gasteiger partial charge in [0.25, 0.3) is 5.69 Å². The van der Waals surface area contributed by atoms with Crippen LogP contribution in [0.15, 0.2) is 49.1 Å². The van der Waals surface area contributed by atoms with E-state index in [-0.39, 0.29) is 28.9 Å². The summed E-state index contributed by atoms with van der Waals surface area (Å²) < 4.78 is 34.6. The van der Waals surface area contributed by atoms with Crippen LogP contribution >= 0.6 is 0 Å². The van der Waals surface area contributed by atoms with E-state index in [0.717, 1.165) is 18.2 Å². The smallest absolute Gasteiger partial charge is 0.345 e. The van der Waals surface area contributed by atoms with E-state index in [0.29, 0.717) is 36.1 Å². The number of benzene rings is 1. The number of ether oxygens (including phenoxy) is 1. The van der Waals surface area contributed by atoms with Crippen molar-refractivity contribution in [2.24, 2.45) is 5.92 Å². The van der Waals surface area contributed by atoms with Gasteiger partial charge < -0.3 is 19.8 Å². The number of esters is 1. The van der Waals surface area contributed by atoms with E-state index in [1.54, 1.807) is 6.07 Å². The molecule has 1 saturated carbocycles. The molecule has 0 atom stereocenters. The Morgan fingerprint density at radius 2 is 1.97 bits per heavy atom. The second-order valence-electron chi connectivity index (χ2n) is 8.04. The summed E-state index contributed by atoms with van der Waals surface area (Å²) in [5, 5.41) is 15.0. The first kappa shape index (κ1) is 20.1. The van der Waals surface area contributed by atoms with Crippen LogP contribution in [-0.4, -0.2) is 21.4 Å². The van der Waals surface area contributed by atoms with Gasteiger partial charge >= 0.3 is 5.97 Å². The highest BCUT2D eigenvalue weighted by Gasteiger charge is 2.54. The van der Waals surface area contributed by atoms with Gasteiger partial charge in [0.05, 0.1) is 11.9 Å². The minimum Gasteiger partial charge on any atom is -0.618 e. The molecular formula is C22H18F2N4O4. The van der Waals surface area contributed by atoms with Gasteiger partial charge in [-0.25, -0.2) is 18.6 Å². The number of rotatable bonds is 3. The predicted octanol–water partition coefficient (Wildman–Crippen LogP) is 2.98. The molecule has 2 aliphatic rings. The van der Waals surface area contributed by atoms with Gasteiger partial charge in [-0.1, -0.05) is 0 Å². The number of aromatic nitrogens is 3. The fourth-order valence-corrected chi connectivity index (χ4v) is 4.51. The molecule has 1 amide bonds. The molecule has 1 N–H and O–H groups in total. The Morgan fingerprint density at radius 1 is 1.25 bits per heavy atom. The number of carbonyl (C=O) groups is 2. The highest BCUT2D eigenvalue weighted by atomic mass is 19.1. The number of nitrogens with zero attached hydrogens (tertiary/aromatic N) is 3. The molecule has 1 spiro atoms. The van der Waals surface area contributed by atoms with Crippen LogP contribution in [-0.2, 0) is 15.1 Å². The lowest BCUT2D eigenvalue weighted by molar-refractivity contribution is -0.621.